The first-order valence-electron chi connectivity index (χ1n) is 2.53. The zero-order valence-electron chi connectivity index (χ0n) is 5.13. The third-order valence-corrected chi connectivity index (χ3v) is 0.870. The van der Waals surface area contributed by atoms with E-state index in [4.69, 9.17) is 5.73 Å². The first-order chi connectivity index (χ1) is 3.68. The Labute approximate surface area is 48.8 Å². The van der Waals surface area contributed by atoms with E-state index in [0.717, 1.165) is 0 Å². The summed E-state index contributed by atoms with van der Waals surface area (Å²) in [7, 11) is 0. The van der Waals surface area contributed by atoms with Gasteiger partial charge in [-0.1, -0.05) is 13.8 Å². The maximum absolute atomic E-state index is 9.62. The summed E-state index contributed by atoms with van der Waals surface area (Å²) in [5.74, 6) is 0.195. The highest BCUT2D eigenvalue weighted by Crippen LogP contribution is 1.96. The fourth-order valence-electron chi connectivity index (χ4n) is 0.221. The summed E-state index contributed by atoms with van der Waals surface area (Å²) in [4.78, 5) is 9.62. The number of hydrogen-bond acceptors (Lipinski definition) is 3. The third kappa shape index (κ3) is 2.58. The van der Waals surface area contributed by atoms with Crippen LogP contribution < -0.4 is 5.73 Å². The summed E-state index contributed by atoms with van der Waals surface area (Å²) >= 11 is 0. The van der Waals surface area contributed by atoms with E-state index in [1.54, 1.807) is 0 Å². The molecule has 0 bridgehead atoms. The van der Waals surface area contributed by atoms with E-state index in [1.807, 2.05) is 13.8 Å². The molecule has 0 aliphatic rings. The third-order valence-electron chi connectivity index (χ3n) is 0.870. The summed E-state index contributed by atoms with van der Waals surface area (Å²) in [6, 6.07) is 0. The number of carbonyl (C=O) groups excluding carboxylic acids is 1. The molecular weight excluding hydrogens is 106 g/mol. The van der Waals surface area contributed by atoms with Crippen LogP contribution in [0, 0.1) is 5.92 Å². The second kappa shape index (κ2) is 3.43. The molecule has 0 spiro atoms. The van der Waals surface area contributed by atoms with Crippen molar-refractivity contribution >= 4 is 6.47 Å². The van der Waals surface area contributed by atoms with Crippen LogP contribution in [0.1, 0.15) is 13.8 Å². The van der Waals surface area contributed by atoms with Crippen molar-refractivity contribution in [2.24, 2.45) is 11.7 Å². The highest BCUT2D eigenvalue weighted by molar-refractivity contribution is 5.37. The van der Waals surface area contributed by atoms with Gasteiger partial charge in [-0.25, -0.2) is 0 Å². The zero-order valence-corrected chi connectivity index (χ0v) is 5.13. The number of rotatable bonds is 3. The van der Waals surface area contributed by atoms with Crippen LogP contribution in [0.4, 0.5) is 0 Å². The Bertz CT molecular complexity index is 72.8. The second-order valence-electron chi connectivity index (χ2n) is 1.94. The van der Waals surface area contributed by atoms with Crippen molar-refractivity contribution in [3.05, 3.63) is 0 Å². The quantitative estimate of drug-likeness (QED) is 0.421. The molecule has 2 N–H and O–H groups in total. The van der Waals surface area contributed by atoms with Crippen molar-refractivity contribution < 1.29 is 9.53 Å². The summed E-state index contributed by atoms with van der Waals surface area (Å²) in [6.45, 7) is 4.13. The van der Waals surface area contributed by atoms with Crippen molar-refractivity contribution in [1.29, 1.82) is 0 Å². The molecule has 48 valence electrons. The molecule has 0 rings (SSSR count). The lowest BCUT2D eigenvalue weighted by Gasteiger charge is -2.11. The molecule has 0 aliphatic heterocycles. The van der Waals surface area contributed by atoms with Crippen molar-refractivity contribution in [2.45, 2.75) is 20.1 Å². The molecule has 0 amide bonds. The number of carbonyl (C=O) groups is 1. The van der Waals surface area contributed by atoms with Crippen LogP contribution in [0.2, 0.25) is 0 Å². The summed E-state index contributed by atoms with van der Waals surface area (Å²) in [5, 5.41) is 0. The van der Waals surface area contributed by atoms with Crippen LogP contribution in [0.15, 0.2) is 0 Å². The average molecular weight is 117 g/mol. The van der Waals surface area contributed by atoms with Crippen LogP contribution in [-0.4, -0.2) is 12.7 Å². The molecule has 0 heterocycles. The van der Waals surface area contributed by atoms with Crippen molar-refractivity contribution in [3.63, 3.8) is 0 Å². The topological polar surface area (TPSA) is 52.3 Å². The highest BCUT2D eigenvalue weighted by atomic mass is 16.5. The molecule has 0 saturated heterocycles. The van der Waals surface area contributed by atoms with Gasteiger partial charge in [-0.15, -0.1) is 0 Å². The van der Waals surface area contributed by atoms with Gasteiger partial charge in [0.25, 0.3) is 6.47 Å². The van der Waals surface area contributed by atoms with E-state index in [0.29, 0.717) is 6.47 Å². The van der Waals surface area contributed by atoms with Gasteiger partial charge in [-0.3, -0.25) is 10.5 Å². The predicted octanol–water partition coefficient (Wildman–Crippen LogP) is 0.100. The number of nitrogens with two attached hydrogens (primary N) is 1. The lowest BCUT2D eigenvalue weighted by Crippen LogP contribution is -2.28. The Hall–Kier alpha value is -0.570. The standard InChI is InChI=1S/C5H11NO2/c1-4(2)5(6)8-3-7/h3-5H,6H2,1-2H3. The largest absolute Gasteiger partial charge is 0.449 e. The van der Waals surface area contributed by atoms with Gasteiger partial charge in [0.2, 0.25) is 0 Å². The minimum absolute atomic E-state index is 0.195. The first kappa shape index (κ1) is 7.43. The molecule has 1 atom stereocenters. The number of hydrogen-bond donors (Lipinski definition) is 1. The Morgan fingerprint density at radius 3 is 2.25 bits per heavy atom. The Balaban J connectivity index is 3.30. The average Bonchev–Trinajstić information content (AvgIpc) is 1.67. The smallest absolute Gasteiger partial charge is 0.294 e. The summed E-state index contributed by atoms with van der Waals surface area (Å²) in [5.41, 5.74) is 5.27. The Kier molecular flexibility index (Phi) is 3.19. The van der Waals surface area contributed by atoms with Gasteiger partial charge in [0.15, 0.2) is 6.23 Å². The maximum Gasteiger partial charge on any atom is 0.294 e. The number of ether oxygens (including phenoxy) is 1. The van der Waals surface area contributed by atoms with E-state index in [-0.39, 0.29) is 5.92 Å². The Morgan fingerprint density at radius 2 is 2.12 bits per heavy atom. The molecular formula is C5H11NO2. The van der Waals surface area contributed by atoms with Gasteiger partial charge in [0.1, 0.15) is 0 Å². The van der Waals surface area contributed by atoms with Gasteiger partial charge in [0, 0.05) is 5.92 Å². The van der Waals surface area contributed by atoms with Crippen molar-refractivity contribution in [2.75, 3.05) is 0 Å². The fraction of sp³-hybridized carbons (Fsp3) is 0.800. The minimum atomic E-state index is -0.451. The zero-order chi connectivity index (χ0) is 6.57. The van der Waals surface area contributed by atoms with Crippen LogP contribution in [0.3, 0.4) is 0 Å². The lowest BCUT2D eigenvalue weighted by molar-refractivity contribution is -0.135. The second-order valence-corrected chi connectivity index (χ2v) is 1.94. The summed E-state index contributed by atoms with van der Waals surface area (Å²) < 4.78 is 4.40. The van der Waals surface area contributed by atoms with E-state index in [1.165, 1.54) is 0 Å². The minimum Gasteiger partial charge on any atom is -0.449 e. The molecule has 0 aromatic rings. The molecule has 3 nitrogen and oxygen atoms in total. The SMILES string of the molecule is CC(C)C(N)OC=O. The van der Waals surface area contributed by atoms with Crippen molar-refractivity contribution in [1.82, 2.24) is 0 Å². The molecule has 1 unspecified atom stereocenters. The van der Waals surface area contributed by atoms with E-state index in [2.05, 4.69) is 4.74 Å². The van der Waals surface area contributed by atoms with E-state index >= 15 is 0 Å². The maximum atomic E-state index is 9.62. The molecule has 0 aromatic carbocycles. The summed E-state index contributed by atoms with van der Waals surface area (Å²) in [6.07, 6.45) is -0.451. The van der Waals surface area contributed by atoms with Gasteiger partial charge < -0.3 is 4.74 Å². The van der Waals surface area contributed by atoms with Crippen LogP contribution in [0.25, 0.3) is 0 Å². The molecule has 0 saturated carbocycles. The van der Waals surface area contributed by atoms with Crippen molar-refractivity contribution in [3.8, 4) is 0 Å². The van der Waals surface area contributed by atoms with E-state index in [9.17, 15) is 4.79 Å². The monoisotopic (exact) mass is 117 g/mol. The highest BCUT2D eigenvalue weighted by Gasteiger charge is 2.05. The normalized spacial score (nSPS) is 13.5. The lowest BCUT2D eigenvalue weighted by atomic mass is 10.2. The predicted molar refractivity (Wildman–Crippen MR) is 30.0 cm³/mol. The fourth-order valence-corrected chi connectivity index (χ4v) is 0.221. The van der Waals surface area contributed by atoms with Gasteiger partial charge in [0.05, 0.1) is 0 Å². The van der Waals surface area contributed by atoms with Crippen LogP contribution in [-0.2, 0) is 9.53 Å². The Morgan fingerprint density at radius 1 is 1.62 bits per heavy atom. The molecule has 3 heteroatoms. The van der Waals surface area contributed by atoms with E-state index < -0.39 is 6.23 Å². The van der Waals surface area contributed by atoms with Gasteiger partial charge in [-0.05, 0) is 0 Å². The molecule has 0 radical (unpaired) electrons. The first-order valence-corrected chi connectivity index (χ1v) is 2.53. The molecule has 8 heavy (non-hydrogen) atoms. The molecule has 0 aliphatic carbocycles. The van der Waals surface area contributed by atoms with Crippen LogP contribution >= 0.6 is 0 Å². The van der Waals surface area contributed by atoms with Gasteiger partial charge in [-0.2, -0.15) is 0 Å². The molecule has 0 aromatic heterocycles. The van der Waals surface area contributed by atoms with Crippen LogP contribution in [0.5, 0.6) is 0 Å². The van der Waals surface area contributed by atoms with Gasteiger partial charge >= 0.3 is 0 Å². The molecule has 0 fully saturated rings.